The smallest absolute Gasteiger partial charge is 0.460 e. The summed E-state index contributed by atoms with van der Waals surface area (Å²) >= 11 is 0. The molecule has 0 aliphatic rings. The monoisotopic (exact) mass is 450 g/mol. The third kappa shape index (κ3) is 3.92. The Kier molecular flexibility index (Phi) is 6.63. The molecule has 0 bridgehead atoms. The number of carboxylic acids is 2. The number of hydrogen-bond donors (Lipinski definition) is 2. The summed E-state index contributed by atoms with van der Waals surface area (Å²) < 4.78 is 166. The van der Waals surface area contributed by atoms with Gasteiger partial charge in [-0.3, -0.25) is 9.59 Å². The first kappa shape index (κ1) is 26.0. The molecule has 0 aromatic carbocycles. The fourth-order valence-electron chi connectivity index (χ4n) is 1.64. The van der Waals surface area contributed by atoms with E-state index in [9.17, 15) is 66.7 Å². The Morgan fingerprint density at radius 1 is 0.607 bits per heavy atom. The van der Waals surface area contributed by atoms with E-state index in [-0.39, 0.29) is 0 Å². The van der Waals surface area contributed by atoms with Crippen LogP contribution in [0.1, 0.15) is 12.8 Å². The van der Waals surface area contributed by atoms with E-state index < -0.39 is 66.5 Å². The van der Waals surface area contributed by atoms with E-state index in [1.54, 1.807) is 0 Å². The summed E-state index contributed by atoms with van der Waals surface area (Å²) in [5.74, 6) is -45.8. The number of alkyl halides is 13. The van der Waals surface area contributed by atoms with E-state index in [2.05, 4.69) is 0 Å². The van der Waals surface area contributed by atoms with Gasteiger partial charge < -0.3 is 10.2 Å². The molecule has 0 aliphatic carbocycles. The maximum Gasteiger partial charge on any atom is 0.460 e. The fraction of sp³-hybridized carbons (Fsp3) is 0.818. The zero-order valence-electron chi connectivity index (χ0n) is 12.6. The molecule has 28 heavy (non-hydrogen) atoms. The van der Waals surface area contributed by atoms with Crippen LogP contribution in [0.2, 0.25) is 0 Å². The fourth-order valence-corrected chi connectivity index (χ4v) is 1.64. The van der Waals surface area contributed by atoms with Gasteiger partial charge in [0, 0.05) is 6.42 Å². The highest BCUT2D eigenvalue weighted by atomic mass is 19.4. The van der Waals surface area contributed by atoms with Gasteiger partial charge in [0.05, 0.1) is 0 Å². The molecule has 0 unspecified atom stereocenters. The van der Waals surface area contributed by atoms with E-state index in [0.29, 0.717) is 0 Å². The number of aliphatic carboxylic acids is 2. The molecule has 4 nitrogen and oxygen atoms in total. The molecule has 0 atom stereocenters. The van der Waals surface area contributed by atoms with Gasteiger partial charge in [-0.05, 0) is 6.42 Å². The van der Waals surface area contributed by atoms with Crippen molar-refractivity contribution in [2.24, 2.45) is 5.92 Å². The highest BCUT2D eigenvalue weighted by Gasteiger charge is 2.90. The van der Waals surface area contributed by atoms with E-state index >= 15 is 0 Å². The second kappa shape index (κ2) is 7.13. The van der Waals surface area contributed by atoms with Crippen molar-refractivity contribution in [2.75, 3.05) is 0 Å². The quantitative estimate of drug-likeness (QED) is 0.406. The Morgan fingerprint density at radius 2 is 0.929 bits per heavy atom. The average molecular weight is 450 g/mol. The first-order valence-electron chi connectivity index (χ1n) is 6.40. The molecule has 17 heteroatoms. The lowest BCUT2D eigenvalue weighted by atomic mass is 9.90. The molecule has 0 rings (SSSR count). The Bertz CT molecular complexity index is 596. The topological polar surface area (TPSA) is 74.6 Å². The summed E-state index contributed by atoms with van der Waals surface area (Å²) in [6.45, 7) is 0. The van der Waals surface area contributed by atoms with Gasteiger partial charge in [-0.1, -0.05) is 0 Å². The molecule has 0 aromatic heterocycles. The lowest BCUT2D eigenvalue weighted by Gasteiger charge is -2.39. The van der Waals surface area contributed by atoms with Crippen molar-refractivity contribution < 1.29 is 76.9 Å². The molecule has 0 aromatic rings. The number of hydrogen-bond acceptors (Lipinski definition) is 2. The van der Waals surface area contributed by atoms with E-state index in [1.807, 2.05) is 0 Å². The Labute approximate surface area is 144 Å². The summed E-state index contributed by atoms with van der Waals surface area (Å²) in [5, 5.41) is 16.6. The molecule has 0 amide bonds. The molecule has 2 N–H and O–H groups in total. The summed E-state index contributed by atoms with van der Waals surface area (Å²) in [6.07, 6.45) is -12.5. The van der Waals surface area contributed by atoms with Crippen LogP contribution >= 0.6 is 0 Å². The van der Waals surface area contributed by atoms with Gasteiger partial charge in [0.2, 0.25) is 0 Å². The van der Waals surface area contributed by atoms with Gasteiger partial charge in [0.25, 0.3) is 0 Å². The van der Waals surface area contributed by atoms with Crippen LogP contribution in [0.4, 0.5) is 57.1 Å². The van der Waals surface area contributed by atoms with Gasteiger partial charge >= 0.3 is 47.7 Å². The molecule has 0 spiro atoms. The maximum atomic E-state index is 13.3. The van der Waals surface area contributed by atoms with Gasteiger partial charge in [0.1, 0.15) is 0 Å². The third-order valence-corrected chi connectivity index (χ3v) is 3.34. The maximum absolute atomic E-state index is 13.3. The Hall–Kier alpha value is -1.97. The van der Waals surface area contributed by atoms with Crippen LogP contribution in [0.5, 0.6) is 0 Å². The predicted molar refractivity (Wildman–Crippen MR) is 58.8 cm³/mol. The van der Waals surface area contributed by atoms with Crippen molar-refractivity contribution in [3.63, 3.8) is 0 Å². The molecule has 166 valence electrons. The number of rotatable bonds is 9. The van der Waals surface area contributed by atoms with Gasteiger partial charge in [-0.15, -0.1) is 0 Å². The van der Waals surface area contributed by atoms with Crippen molar-refractivity contribution in [3.8, 4) is 0 Å². The Balaban J connectivity index is 6.05. The van der Waals surface area contributed by atoms with Crippen LogP contribution in [0.3, 0.4) is 0 Å². The first-order valence-corrected chi connectivity index (χ1v) is 6.40. The molecule has 0 fully saturated rings. The first-order chi connectivity index (χ1) is 12.0. The largest absolute Gasteiger partial charge is 0.481 e. The lowest BCUT2D eigenvalue weighted by Crippen LogP contribution is -2.70. The van der Waals surface area contributed by atoms with Crippen LogP contribution in [0.25, 0.3) is 0 Å². The van der Waals surface area contributed by atoms with Crippen LogP contribution < -0.4 is 0 Å². The number of halogens is 13. The average Bonchev–Trinajstić information content (AvgIpc) is 2.44. The van der Waals surface area contributed by atoms with Crippen molar-refractivity contribution >= 4 is 11.9 Å². The molecule has 0 aliphatic heterocycles. The lowest BCUT2D eigenvalue weighted by molar-refractivity contribution is -0.440. The molecule has 0 saturated heterocycles. The molecule has 0 radical (unpaired) electrons. The summed E-state index contributed by atoms with van der Waals surface area (Å²) in [5.41, 5.74) is 0. The second-order valence-electron chi connectivity index (χ2n) is 5.27. The SMILES string of the molecule is O=C(O)C(CCC(F)(F)C(F)(F)C(F)(F)C(F)(F)C(F)(F)C(F)(F)F)C(=O)O. The zero-order valence-corrected chi connectivity index (χ0v) is 12.6. The minimum Gasteiger partial charge on any atom is -0.481 e. The van der Waals surface area contributed by atoms with Gasteiger partial charge in [0.15, 0.2) is 5.92 Å². The van der Waals surface area contributed by atoms with E-state index in [1.165, 1.54) is 0 Å². The van der Waals surface area contributed by atoms with Crippen LogP contribution in [0.15, 0.2) is 0 Å². The summed E-state index contributed by atoms with van der Waals surface area (Å²) in [4.78, 5) is 20.8. The zero-order chi connectivity index (χ0) is 23.1. The molecule has 0 saturated carbocycles. The van der Waals surface area contributed by atoms with Crippen LogP contribution in [-0.4, -0.2) is 57.9 Å². The highest BCUT2D eigenvalue weighted by Crippen LogP contribution is 2.60. The minimum absolute atomic E-state index is 2.08. The second-order valence-corrected chi connectivity index (χ2v) is 5.27. The third-order valence-electron chi connectivity index (χ3n) is 3.34. The van der Waals surface area contributed by atoms with Crippen molar-refractivity contribution in [3.05, 3.63) is 0 Å². The van der Waals surface area contributed by atoms with Gasteiger partial charge in [-0.25, -0.2) is 0 Å². The normalized spacial score (nSPS) is 15.1. The van der Waals surface area contributed by atoms with Crippen molar-refractivity contribution in [1.82, 2.24) is 0 Å². The Morgan fingerprint density at radius 3 is 1.21 bits per heavy atom. The van der Waals surface area contributed by atoms with Crippen LogP contribution in [-0.2, 0) is 9.59 Å². The molecular formula is C11H7F13O4. The predicted octanol–water partition coefficient (Wildman–Crippen LogP) is 4.29. The molecule has 0 heterocycles. The van der Waals surface area contributed by atoms with Crippen molar-refractivity contribution in [1.29, 1.82) is 0 Å². The van der Waals surface area contributed by atoms with Crippen molar-refractivity contribution in [2.45, 2.75) is 48.6 Å². The van der Waals surface area contributed by atoms with E-state index in [4.69, 9.17) is 10.2 Å². The summed E-state index contributed by atoms with van der Waals surface area (Å²) in [6, 6.07) is 0. The summed E-state index contributed by atoms with van der Waals surface area (Å²) in [7, 11) is 0. The number of carbonyl (C=O) groups is 2. The van der Waals surface area contributed by atoms with Gasteiger partial charge in [-0.2, -0.15) is 57.1 Å². The standard InChI is InChI=1S/C11H7F13O4/c12-6(13,2-1-3(4(25)26)5(27)28)7(14,15)8(16,17)9(18,19)10(20,21)11(22,23)24/h3H,1-2H2,(H,25,26)(H,27,28). The highest BCUT2D eigenvalue weighted by molar-refractivity contribution is 5.92. The number of carboxylic acid groups (broad SMARTS) is 2. The molecular weight excluding hydrogens is 443 g/mol. The van der Waals surface area contributed by atoms with E-state index in [0.717, 1.165) is 0 Å². The minimum atomic E-state index is -8.07. The van der Waals surface area contributed by atoms with Crippen LogP contribution in [0, 0.1) is 5.92 Å².